The predicted octanol–water partition coefficient (Wildman–Crippen LogP) is 3.43. The van der Waals surface area contributed by atoms with Gasteiger partial charge in [0, 0.05) is 31.2 Å². The van der Waals surface area contributed by atoms with Crippen LogP contribution in [0.15, 0.2) is 0 Å². The maximum Gasteiger partial charge on any atom is 0.393 e. The van der Waals surface area contributed by atoms with Crippen molar-refractivity contribution in [1.29, 1.82) is 0 Å². The largest absolute Gasteiger partial charge is 0.393 e. The monoisotopic (exact) mass is 292 g/mol. The van der Waals surface area contributed by atoms with Crippen LogP contribution in [-0.2, 0) is 0 Å². The first kappa shape index (κ1) is 16.1. The Balaban J connectivity index is 2.03. The van der Waals surface area contributed by atoms with E-state index in [0.29, 0.717) is 18.9 Å². The molecule has 2 nitrogen and oxygen atoms in total. The number of likely N-dealkylation sites (tertiary alicyclic amines) is 1. The number of nitrogens with zero attached hydrogens (tertiary/aromatic N) is 1. The van der Waals surface area contributed by atoms with E-state index in [0.717, 1.165) is 19.5 Å². The molecule has 0 aromatic carbocycles. The molecule has 0 amide bonds. The second-order valence-corrected chi connectivity index (χ2v) is 7.32. The molecule has 118 valence electrons. The Morgan fingerprint density at radius 3 is 2.20 bits per heavy atom. The molecule has 1 aliphatic carbocycles. The number of hydrogen-bond acceptors (Lipinski definition) is 2. The van der Waals surface area contributed by atoms with Crippen LogP contribution in [-0.4, -0.2) is 42.3 Å². The summed E-state index contributed by atoms with van der Waals surface area (Å²) in [6.45, 7) is 9.74. The van der Waals surface area contributed by atoms with Crippen LogP contribution in [0.5, 0.6) is 0 Å². The lowest BCUT2D eigenvalue weighted by atomic mass is 9.63. The number of rotatable bonds is 3. The summed E-state index contributed by atoms with van der Waals surface area (Å²) in [5.41, 5.74) is -0.0837. The van der Waals surface area contributed by atoms with Crippen LogP contribution in [0.25, 0.3) is 0 Å². The third-order valence-corrected chi connectivity index (χ3v) is 4.90. The second kappa shape index (κ2) is 5.48. The van der Waals surface area contributed by atoms with E-state index in [1.807, 2.05) is 13.8 Å². The van der Waals surface area contributed by atoms with Crippen molar-refractivity contribution >= 4 is 0 Å². The molecule has 2 aliphatic rings. The second-order valence-electron chi connectivity index (χ2n) is 7.32. The number of hydrogen-bond donors (Lipinski definition) is 1. The highest BCUT2D eigenvalue weighted by Gasteiger charge is 2.55. The Morgan fingerprint density at radius 2 is 1.75 bits per heavy atom. The van der Waals surface area contributed by atoms with Crippen molar-refractivity contribution in [3.63, 3.8) is 0 Å². The van der Waals surface area contributed by atoms with Gasteiger partial charge in [-0.05, 0) is 38.5 Å². The van der Waals surface area contributed by atoms with Gasteiger partial charge in [-0.3, -0.25) is 4.90 Å². The molecule has 1 saturated heterocycles. The minimum absolute atomic E-state index is 0.0837. The average molecular weight is 292 g/mol. The molecular formula is C15H27F3N2. The van der Waals surface area contributed by atoms with Gasteiger partial charge in [0.1, 0.15) is 0 Å². The van der Waals surface area contributed by atoms with Crippen molar-refractivity contribution in [2.24, 2.45) is 11.3 Å². The smallest absolute Gasteiger partial charge is 0.311 e. The lowest BCUT2D eigenvalue weighted by Gasteiger charge is -2.57. The Bertz CT molecular complexity index is 333. The Labute approximate surface area is 120 Å². The summed E-state index contributed by atoms with van der Waals surface area (Å²) in [6.07, 6.45) is -2.22. The minimum atomic E-state index is -4.09. The van der Waals surface area contributed by atoms with Gasteiger partial charge in [-0.25, -0.2) is 0 Å². The van der Waals surface area contributed by atoms with Gasteiger partial charge in [-0.1, -0.05) is 13.8 Å². The van der Waals surface area contributed by atoms with E-state index in [4.69, 9.17) is 0 Å². The molecular weight excluding hydrogens is 265 g/mol. The molecule has 1 spiro atoms. The quantitative estimate of drug-likeness (QED) is 0.857. The highest BCUT2D eigenvalue weighted by atomic mass is 19.4. The summed E-state index contributed by atoms with van der Waals surface area (Å²) in [7, 11) is 0. The van der Waals surface area contributed by atoms with Crippen molar-refractivity contribution < 1.29 is 13.2 Å². The molecule has 1 unspecified atom stereocenters. The maximum atomic E-state index is 13.3. The molecule has 2 rings (SSSR count). The molecule has 20 heavy (non-hydrogen) atoms. The lowest BCUT2D eigenvalue weighted by molar-refractivity contribution is -0.212. The zero-order chi connectivity index (χ0) is 15.1. The van der Waals surface area contributed by atoms with Crippen LogP contribution in [0.4, 0.5) is 13.2 Å². The van der Waals surface area contributed by atoms with Crippen molar-refractivity contribution in [3.8, 4) is 0 Å². The SMILES string of the molecule is CC(C)N[C@H]1CCC2(CC1C(F)(F)F)CN(C(C)C)C2. The van der Waals surface area contributed by atoms with Crippen molar-refractivity contribution in [3.05, 3.63) is 0 Å². The van der Waals surface area contributed by atoms with E-state index < -0.39 is 18.1 Å². The van der Waals surface area contributed by atoms with Gasteiger partial charge in [0.25, 0.3) is 0 Å². The summed E-state index contributed by atoms with van der Waals surface area (Å²) in [5, 5.41) is 3.12. The third-order valence-electron chi connectivity index (χ3n) is 4.90. The highest BCUT2D eigenvalue weighted by molar-refractivity contribution is 5.04. The zero-order valence-corrected chi connectivity index (χ0v) is 12.9. The van der Waals surface area contributed by atoms with Gasteiger partial charge < -0.3 is 5.32 Å². The van der Waals surface area contributed by atoms with Crippen LogP contribution < -0.4 is 5.32 Å². The van der Waals surface area contributed by atoms with Crippen LogP contribution >= 0.6 is 0 Å². The molecule has 0 radical (unpaired) electrons. The van der Waals surface area contributed by atoms with Gasteiger partial charge in [0.15, 0.2) is 0 Å². The zero-order valence-electron chi connectivity index (χ0n) is 12.9. The first-order chi connectivity index (χ1) is 9.13. The van der Waals surface area contributed by atoms with Crippen molar-refractivity contribution in [2.75, 3.05) is 13.1 Å². The standard InChI is InChI=1S/C15H27F3N2/c1-10(2)19-13-5-6-14(7-12(13)15(16,17)18)8-20(9-14)11(3)4/h10-13,19H,5-9H2,1-4H3/t12?,13-/m0/s1. The molecule has 0 aromatic heterocycles. The van der Waals surface area contributed by atoms with E-state index in [9.17, 15) is 13.2 Å². The van der Waals surface area contributed by atoms with E-state index in [-0.39, 0.29) is 11.5 Å². The summed E-state index contributed by atoms with van der Waals surface area (Å²) < 4.78 is 40.0. The van der Waals surface area contributed by atoms with E-state index >= 15 is 0 Å². The summed E-state index contributed by atoms with van der Waals surface area (Å²) in [6, 6.07) is 0.137. The minimum Gasteiger partial charge on any atom is -0.311 e. The van der Waals surface area contributed by atoms with Gasteiger partial charge >= 0.3 is 6.18 Å². The molecule has 0 bridgehead atoms. The van der Waals surface area contributed by atoms with Crippen LogP contribution in [0, 0.1) is 11.3 Å². The van der Waals surface area contributed by atoms with Gasteiger partial charge in [0.2, 0.25) is 0 Å². The van der Waals surface area contributed by atoms with Crippen molar-refractivity contribution in [2.45, 2.75) is 71.3 Å². The molecule has 2 fully saturated rings. The Kier molecular flexibility index (Phi) is 4.41. The van der Waals surface area contributed by atoms with Gasteiger partial charge in [0.05, 0.1) is 5.92 Å². The summed E-state index contributed by atoms with van der Waals surface area (Å²) >= 11 is 0. The van der Waals surface area contributed by atoms with Crippen LogP contribution in [0.3, 0.4) is 0 Å². The number of halogens is 3. The number of alkyl halides is 3. The molecule has 5 heteroatoms. The fourth-order valence-corrected chi connectivity index (χ4v) is 3.81. The van der Waals surface area contributed by atoms with E-state index in [1.165, 1.54) is 0 Å². The molecule has 0 aromatic rings. The molecule has 1 aliphatic heterocycles. The lowest BCUT2D eigenvalue weighted by Crippen LogP contribution is -2.63. The van der Waals surface area contributed by atoms with E-state index in [1.54, 1.807) is 0 Å². The van der Waals surface area contributed by atoms with Crippen molar-refractivity contribution in [1.82, 2.24) is 10.2 Å². The van der Waals surface area contributed by atoms with Gasteiger partial charge in [-0.15, -0.1) is 0 Å². The summed E-state index contributed by atoms with van der Waals surface area (Å²) in [4.78, 5) is 2.28. The first-order valence-corrected chi connectivity index (χ1v) is 7.70. The maximum absolute atomic E-state index is 13.3. The molecule has 2 atom stereocenters. The molecule has 1 saturated carbocycles. The third kappa shape index (κ3) is 3.30. The van der Waals surface area contributed by atoms with Crippen LogP contribution in [0.1, 0.15) is 47.0 Å². The highest BCUT2D eigenvalue weighted by Crippen LogP contribution is 2.50. The first-order valence-electron chi connectivity index (χ1n) is 7.70. The average Bonchev–Trinajstić information content (AvgIpc) is 2.24. The van der Waals surface area contributed by atoms with Crippen LogP contribution in [0.2, 0.25) is 0 Å². The van der Waals surface area contributed by atoms with E-state index in [2.05, 4.69) is 24.1 Å². The Hall–Kier alpha value is -0.290. The fraction of sp³-hybridized carbons (Fsp3) is 1.00. The molecule has 1 N–H and O–H groups in total. The fourth-order valence-electron chi connectivity index (χ4n) is 3.81. The molecule has 1 heterocycles. The topological polar surface area (TPSA) is 15.3 Å². The Morgan fingerprint density at radius 1 is 1.15 bits per heavy atom. The normalized spacial score (nSPS) is 31.1. The van der Waals surface area contributed by atoms with Gasteiger partial charge in [-0.2, -0.15) is 13.2 Å². The number of nitrogens with one attached hydrogen (secondary N) is 1. The summed E-state index contributed by atoms with van der Waals surface area (Å²) in [5.74, 6) is -1.19. The predicted molar refractivity (Wildman–Crippen MR) is 74.6 cm³/mol.